The average molecular weight is 250 g/mol. The van der Waals surface area contributed by atoms with Gasteiger partial charge in [0.25, 0.3) is 0 Å². The zero-order chi connectivity index (χ0) is 12.1. The second-order valence-corrected chi connectivity index (χ2v) is 5.42. The van der Waals surface area contributed by atoms with E-state index in [1.54, 1.807) is 12.1 Å². The molecule has 0 atom stereocenters. The van der Waals surface area contributed by atoms with Crippen molar-refractivity contribution in [3.05, 3.63) is 35.1 Å². The Morgan fingerprint density at radius 1 is 1.41 bits per heavy atom. The van der Waals surface area contributed by atoms with Gasteiger partial charge in [-0.3, -0.25) is 0 Å². The minimum Gasteiger partial charge on any atom is -0.310 e. The van der Waals surface area contributed by atoms with Crippen LogP contribution in [-0.2, 0) is 6.54 Å². The number of nitriles is 1. The number of hydrogen-bond donors (Lipinski definition) is 1. The first-order valence-corrected chi connectivity index (χ1v) is 6.94. The molecule has 0 spiro atoms. The maximum Gasteiger partial charge on any atom is 0.140 e. The molecule has 1 fully saturated rings. The molecule has 1 N–H and O–H groups in total. The van der Waals surface area contributed by atoms with Gasteiger partial charge in [0.2, 0.25) is 0 Å². The van der Waals surface area contributed by atoms with Gasteiger partial charge in [-0.05, 0) is 42.0 Å². The predicted octanol–water partition coefficient (Wildman–Crippen LogP) is 2.68. The third-order valence-corrected chi connectivity index (χ3v) is 4.02. The van der Waals surface area contributed by atoms with E-state index in [0.717, 1.165) is 5.56 Å². The zero-order valence-corrected chi connectivity index (χ0v) is 10.4. The number of benzene rings is 1. The van der Waals surface area contributed by atoms with Gasteiger partial charge in [-0.25, -0.2) is 4.39 Å². The smallest absolute Gasteiger partial charge is 0.140 e. The highest BCUT2D eigenvalue weighted by atomic mass is 32.2. The second kappa shape index (κ2) is 6.04. The van der Waals surface area contributed by atoms with E-state index in [9.17, 15) is 4.39 Å². The summed E-state index contributed by atoms with van der Waals surface area (Å²) in [6.07, 6.45) is 2.38. The summed E-state index contributed by atoms with van der Waals surface area (Å²) in [4.78, 5) is 0. The van der Waals surface area contributed by atoms with Crippen LogP contribution in [0.25, 0.3) is 0 Å². The molecule has 1 aliphatic heterocycles. The molecular formula is C13H15FN2S. The van der Waals surface area contributed by atoms with E-state index in [1.807, 2.05) is 17.8 Å². The third kappa shape index (κ3) is 3.45. The lowest BCUT2D eigenvalue weighted by Gasteiger charge is -2.22. The maximum absolute atomic E-state index is 13.1. The maximum atomic E-state index is 13.1. The number of nitrogens with zero attached hydrogens (tertiary/aromatic N) is 1. The number of nitrogens with one attached hydrogen (secondary N) is 1. The molecule has 0 aliphatic carbocycles. The molecule has 0 amide bonds. The third-order valence-electron chi connectivity index (χ3n) is 2.97. The fourth-order valence-electron chi connectivity index (χ4n) is 1.93. The Hall–Kier alpha value is -1.05. The lowest BCUT2D eigenvalue weighted by atomic mass is 10.1. The normalized spacial score (nSPS) is 16.7. The van der Waals surface area contributed by atoms with Crippen LogP contribution in [0.2, 0.25) is 0 Å². The topological polar surface area (TPSA) is 35.8 Å². The molecule has 0 bridgehead atoms. The molecule has 0 saturated carbocycles. The van der Waals surface area contributed by atoms with Gasteiger partial charge in [-0.2, -0.15) is 17.0 Å². The number of thioether (sulfide) groups is 1. The minimum atomic E-state index is -0.440. The Morgan fingerprint density at radius 3 is 2.88 bits per heavy atom. The van der Waals surface area contributed by atoms with Crippen LogP contribution in [0.15, 0.2) is 18.2 Å². The summed E-state index contributed by atoms with van der Waals surface area (Å²) >= 11 is 2.00. The number of hydrogen-bond acceptors (Lipinski definition) is 3. The monoisotopic (exact) mass is 250 g/mol. The van der Waals surface area contributed by atoms with E-state index >= 15 is 0 Å². The van der Waals surface area contributed by atoms with Gasteiger partial charge in [0, 0.05) is 12.6 Å². The van der Waals surface area contributed by atoms with E-state index in [0.29, 0.717) is 12.6 Å². The second-order valence-electron chi connectivity index (χ2n) is 4.19. The van der Waals surface area contributed by atoms with Crippen molar-refractivity contribution >= 4 is 11.8 Å². The molecule has 2 rings (SSSR count). The summed E-state index contributed by atoms with van der Waals surface area (Å²) in [6.45, 7) is 0.713. The molecule has 0 aromatic heterocycles. The van der Waals surface area contributed by atoms with Crippen molar-refractivity contribution in [2.75, 3.05) is 11.5 Å². The van der Waals surface area contributed by atoms with Crippen LogP contribution >= 0.6 is 11.8 Å². The SMILES string of the molecule is N#Cc1cc(CNC2CCSCC2)ccc1F. The summed E-state index contributed by atoms with van der Waals surface area (Å²) in [5.74, 6) is 1.99. The minimum absolute atomic E-state index is 0.128. The zero-order valence-electron chi connectivity index (χ0n) is 9.58. The van der Waals surface area contributed by atoms with Crippen molar-refractivity contribution in [1.29, 1.82) is 5.26 Å². The molecule has 90 valence electrons. The van der Waals surface area contributed by atoms with Crippen molar-refractivity contribution in [3.63, 3.8) is 0 Å². The average Bonchev–Trinajstić information content (AvgIpc) is 2.39. The quantitative estimate of drug-likeness (QED) is 0.896. The molecule has 1 aromatic carbocycles. The molecule has 1 aliphatic rings. The first kappa shape index (κ1) is 12.4. The Bertz CT molecular complexity index is 422. The molecule has 17 heavy (non-hydrogen) atoms. The van der Waals surface area contributed by atoms with E-state index in [4.69, 9.17) is 5.26 Å². The number of rotatable bonds is 3. The standard InChI is InChI=1S/C13H15FN2S/c14-13-2-1-10(7-11(13)8-15)9-16-12-3-5-17-6-4-12/h1-2,7,12,16H,3-6,9H2. The summed E-state index contributed by atoms with van der Waals surface area (Å²) in [6, 6.07) is 7.16. The van der Waals surface area contributed by atoms with Crippen LogP contribution < -0.4 is 5.32 Å². The highest BCUT2D eigenvalue weighted by molar-refractivity contribution is 7.99. The summed E-state index contributed by atoms with van der Waals surface area (Å²) in [7, 11) is 0. The molecule has 2 nitrogen and oxygen atoms in total. The van der Waals surface area contributed by atoms with Gasteiger partial charge in [0.1, 0.15) is 11.9 Å². The first-order chi connectivity index (χ1) is 8.29. The Morgan fingerprint density at radius 2 is 2.18 bits per heavy atom. The van der Waals surface area contributed by atoms with E-state index < -0.39 is 5.82 Å². The predicted molar refractivity (Wildman–Crippen MR) is 68.3 cm³/mol. The number of halogens is 1. The fourth-order valence-corrected chi connectivity index (χ4v) is 3.04. The van der Waals surface area contributed by atoms with Crippen molar-refractivity contribution in [3.8, 4) is 6.07 Å². The van der Waals surface area contributed by atoms with Gasteiger partial charge >= 0.3 is 0 Å². The molecule has 0 radical (unpaired) electrons. The van der Waals surface area contributed by atoms with Gasteiger partial charge in [-0.1, -0.05) is 6.07 Å². The Kier molecular flexibility index (Phi) is 4.41. The van der Waals surface area contributed by atoms with Crippen molar-refractivity contribution in [2.24, 2.45) is 0 Å². The highest BCUT2D eigenvalue weighted by Gasteiger charge is 2.12. The van der Waals surface area contributed by atoms with Crippen LogP contribution in [0.1, 0.15) is 24.0 Å². The lowest BCUT2D eigenvalue weighted by Crippen LogP contribution is -2.32. The van der Waals surface area contributed by atoms with Crippen LogP contribution in [0, 0.1) is 17.1 Å². The van der Waals surface area contributed by atoms with Crippen LogP contribution in [0.5, 0.6) is 0 Å². The van der Waals surface area contributed by atoms with Gasteiger partial charge in [0.15, 0.2) is 0 Å². The summed E-state index contributed by atoms with van der Waals surface area (Å²) in [5, 5.41) is 12.2. The van der Waals surface area contributed by atoms with Crippen LogP contribution in [-0.4, -0.2) is 17.5 Å². The summed E-state index contributed by atoms with van der Waals surface area (Å²) < 4.78 is 13.1. The van der Waals surface area contributed by atoms with Crippen molar-refractivity contribution in [1.82, 2.24) is 5.32 Å². The molecule has 1 saturated heterocycles. The van der Waals surface area contributed by atoms with E-state index in [2.05, 4.69) is 5.32 Å². The Labute approximate surface area is 105 Å². The van der Waals surface area contributed by atoms with Crippen LogP contribution in [0.4, 0.5) is 4.39 Å². The van der Waals surface area contributed by atoms with E-state index in [-0.39, 0.29) is 5.56 Å². The fraction of sp³-hybridized carbons (Fsp3) is 0.462. The molecule has 4 heteroatoms. The Balaban J connectivity index is 1.92. The lowest BCUT2D eigenvalue weighted by molar-refractivity contribution is 0.482. The van der Waals surface area contributed by atoms with Gasteiger partial charge < -0.3 is 5.32 Å². The summed E-state index contributed by atoms with van der Waals surface area (Å²) in [5.41, 5.74) is 1.10. The molecular weight excluding hydrogens is 235 g/mol. The van der Waals surface area contributed by atoms with Crippen molar-refractivity contribution in [2.45, 2.75) is 25.4 Å². The van der Waals surface area contributed by atoms with E-state index in [1.165, 1.54) is 30.4 Å². The molecule has 0 unspecified atom stereocenters. The first-order valence-electron chi connectivity index (χ1n) is 5.79. The van der Waals surface area contributed by atoms with Gasteiger partial charge in [0.05, 0.1) is 5.56 Å². The molecule has 1 heterocycles. The van der Waals surface area contributed by atoms with Crippen molar-refractivity contribution < 1.29 is 4.39 Å². The largest absolute Gasteiger partial charge is 0.310 e. The highest BCUT2D eigenvalue weighted by Crippen LogP contribution is 2.17. The van der Waals surface area contributed by atoms with Gasteiger partial charge in [-0.15, -0.1) is 0 Å². The molecule has 1 aromatic rings. The van der Waals surface area contributed by atoms with Crippen LogP contribution in [0.3, 0.4) is 0 Å².